The molecule has 0 spiro atoms. The van der Waals surface area contributed by atoms with E-state index in [4.69, 9.17) is 0 Å². The average molecular weight is 198 g/mol. The van der Waals surface area contributed by atoms with E-state index in [9.17, 15) is 0 Å². The molecule has 0 amide bonds. The maximum atomic E-state index is 2.44. The van der Waals surface area contributed by atoms with Crippen molar-refractivity contribution in [2.75, 3.05) is 0 Å². The molecule has 1 aliphatic rings. The van der Waals surface area contributed by atoms with E-state index in [1.807, 2.05) is 0 Å². The maximum Gasteiger partial charge on any atom is 0.0530 e. The second-order valence-corrected chi connectivity index (χ2v) is 10.4. The van der Waals surface area contributed by atoms with Gasteiger partial charge in [0.1, 0.15) is 0 Å². The first-order chi connectivity index (χ1) is 6.26. The van der Waals surface area contributed by atoms with Crippen LogP contribution in [-0.4, -0.2) is 8.07 Å². The summed E-state index contributed by atoms with van der Waals surface area (Å²) in [4.78, 5) is 0. The summed E-state index contributed by atoms with van der Waals surface area (Å²) in [7, 11) is -0.782. The molecular weight excluding hydrogens is 172 g/mol. The topological polar surface area (TPSA) is 0 Å². The second kappa shape index (κ2) is 5.19. The zero-order chi connectivity index (χ0) is 9.73. The van der Waals surface area contributed by atoms with Crippen LogP contribution in [0.5, 0.6) is 0 Å². The minimum atomic E-state index is -0.782. The highest BCUT2D eigenvalue weighted by atomic mass is 28.3. The van der Waals surface area contributed by atoms with Crippen LogP contribution >= 0.6 is 0 Å². The van der Waals surface area contributed by atoms with Crippen molar-refractivity contribution in [3.05, 3.63) is 0 Å². The van der Waals surface area contributed by atoms with Crippen LogP contribution in [0.15, 0.2) is 0 Å². The van der Waals surface area contributed by atoms with Gasteiger partial charge in [0, 0.05) is 0 Å². The van der Waals surface area contributed by atoms with Gasteiger partial charge >= 0.3 is 0 Å². The molecule has 0 unspecified atom stereocenters. The molecule has 78 valence electrons. The molecule has 0 aliphatic heterocycles. The summed E-state index contributed by atoms with van der Waals surface area (Å²) in [6.07, 6.45) is 6.14. The van der Waals surface area contributed by atoms with Crippen LogP contribution in [0.4, 0.5) is 0 Å². The van der Waals surface area contributed by atoms with E-state index in [0.29, 0.717) is 0 Å². The second-order valence-electron chi connectivity index (χ2n) is 4.92. The molecule has 13 heavy (non-hydrogen) atoms. The smallest absolute Gasteiger partial charge is 0.0530 e. The van der Waals surface area contributed by atoms with Crippen molar-refractivity contribution >= 4 is 8.07 Å². The predicted molar refractivity (Wildman–Crippen MR) is 64.0 cm³/mol. The van der Waals surface area contributed by atoms with Crippen molar-refractivity contribution in [1.29, 1.82) is 0 Å². The molecule has 0 heterocycles. The molecule has 0 radical (unpaired) electrons. The van der Waals surface area contributed by atoms with Gasteiger partial charge < -0.3 is 0 Å². The standard InChI is InChI=1S/C12H26Si/c1-4-13(5-2,6-3)11-12-9-7-8-10-12/h12H,4-11H2,1-3H3. The highest BCUT2D eigenvalue weighted by Gasteiger charge is 2.30. The van der Waals surface area contributed by atoms with Crippen LogP contribution < -0.4 is 0 Å². The lowest BCUT2D eigenvalue weighted by Crippen LogP contribution is -2.33. The SMILES string of the molecule is CC[Si](CC)(CC)CC1CCCC1. The first-order valence-electron chi connectivity index (χ1n) is 6.26. The monoisotopic (exact) mass is 198 g/mol. The number of hydrogen-bond acceptors (Lipinski definition) is 0. The van der Waals surface area contributed by atoms with Crippen LogP contribution in [0.25, 0.3) is 0 Å². The Morgan fingerprint density at radius 3 is 1.77 bits per heavy atom. The molecular formula is C12H26Si. The summed E-state index contributed by atoms with van der Waals surface area (Å²) in [5, 5.41) is 0. The Balaban J connectivity index is 2.44. The first kappa shape index (κ1) is 11.3. The number of rotatable bonds is 5. The third-order valence-corrected chi connectivity index (χ3v) is 10.4. The summed E-state index contributed by atoms with van der Waals surface area (Å²) >= 11 is 0. The van der Waals surface area contributed by atoms with Crippen molar-refractivity contribution < 1.29 is 0 Å². The van der Waals surface area contributed by atoms with Crippen molar-refractivity contribution in [2.45, 2.75) is 70.6 Å². The van der Waals surface area contributed by atoms with E-state index < -0.39 is 8.07 Å². The van der Waals surface area contributed by atoms with Gasteiger partial charge in [-0.05, 0) is 5.92 Å². The fourth-order valence-electron chi connectivity index (χ4n) is 3.01. The third-order valence-electron chi connectivity index (χ3n) is 4.45. The molecule has 0 N–H and O–H groups in total. The van der Waals surface area contributed by atoms with Gasteiger partial charge in [0.25, 0.3) is 0 Å². The van der Waals surface area contributed by atoms with E-state index in [2.05, 4.69) is 20.8 Å². The Kier molecular flexibility index (Phi) is 4.50. The zero-order valence-corrected chi connectivity index (χ0v) is 10.7. The van der Waals surface area contributed by atoms with Gasteiger partial charge in [0.15, 0.2) is 0 Å². The Morgan fingerprint density at radius 2 is 1.38 bits per heavy atom. The van der Waals surface area contributed by atoms with E-state index in [-0.39, 0.29) is 0 Å². The van der Waals surface area contributed by atoms with Crippen molar-refractivity contribution in [1.82, 2.24) is 0 Å². The number of hydrogen-bond donors (Lipinski definition) is 0. The quantitative estimate of drug-likeness (QED) is 0.562. The van der Waals surface area contributed by atoms with Crippen molar-refractivity contribution in [3.63, 3.8) is 0 Å². The lowest BCUT2D eigenvalue weighted by Gasteiger charge is -2.31. The molecule has 1 fully saturated rings. The van der Waals surface area contributed by atoms with Gasteiger partial charge in [-0.15, -0.1) is 0 Å². The van der Waals surface area contributed by atoms with Gasteiger partial charge in [0.05, 0.1) is 8.07 Å². The fraction of sp³-hybridized carbons (Fsp3) is 1.00. The molecule has 0 aromatic carbocycles. The first-order valence-corrected chi connectivity index (χ1v) is 9.09. The minimum Gasteiger partial charge on any atom is -0.0678 e. The van der Waals surface area contributed by atoms with Gasteiger partial charge in [0.2, 0.25) is 0 Å². The predicted octanol–water partition coefficient (Wildman–Crippen LogP) is 4.69. The fourth-order valence-corrected chi connectivity index (χ4v) is 7.01. The third kappa shape index (κ3) is 2.83. The van der Waals surface area contributed by atoms with Crippen LogP contribution in [-0.2, 0) is 0 Å². The van der Waals surface area contributed by atoms with Crippen molar-refractivity contribution in [2.24, 2.45) is 5.92 Å². The van der Waals surface area contributed by atoms with Gasteiger partial charge in [-0.25, -0.2) is 0 Å². The Bertz CT molecular complexity index is 124. The van der Waals surface area contributed by atoms with Gasteiger partial charge in [-0.2, -0.15) is 0 Å². The molecule has 0 aromatic heterocycles. The van der Waals surface area contributed by atoms with Crippen LogP contribution in [0.3, 0.4) is 0 Å². The molecule has 1 rings (SSSR count). The Morgan fingerprint density at radius 1 is 0.923 bits per heavy atom. The Hall–Kier alpha value is 0.217. The lowest BCUT2D eigenvalue weighted by atomic mass is 10.1. The van der Waals surface area contributed by atoms with Crippen LogP contribution in [0, 0.1) is 5.92 Å². The molecule has 1 heteroatoms. The summed E-state index contributed by atoms with van der Waals surface area (Å²) in [5.74, 6) is 1.13. The molecule has 0 aromatic rings. The molecule has 0 saturated heterocycles. The van der Waals surface area contributed by atoms with E-state index in [1.165, 1.54) is 31.0 Å². The largest absolute Gasteiger partial charge is 0.0678 e. The maximum absolute atomic E-state index is 2.44. The van der Waals surface area contributed by atoms with E-state index in [0.717, 1.165) is 5.92 Å². The van der Waals surface area contributed by atoms with Crippen LogP contribution in [0.1, 0.15) is 46.5 Å². The van der Waals surface area contributed by atoms with Crippen LogP contribution in [0.2, 0.25) is 24.2 Å². The summed E-state index contributed by atoms with van der Waals surface area (Å²) < 4.78 is 0. The molecule has 1 aliphatic carbocycles. The summed E-state index contributed by atoms with van der Waals surface area (Å²) in [6, 6.07) is 6.22. The van der Waals surface area contributed by atoms with Gasteiger partial charge in [-0.1, -0.05) is 70.6 Å². The average Bonchev–Trinajstić information content (AvgIpc) is 2.67. The van der Waals surface area contributed by atoms with E-state index >= 15 is 0 Å². The Labute approximate surface area is 85.1 Å². The molecule has 1 saturated carbocycles. The zero-order valence-electron chi connectivity index (χ0n) is 9.73. The molecule has 0 atom stereocenters. The van der Waals surface area contributed by atoms with Crippen molar-refractivity contribution in [3.8, 4) is 0 Å². The normalized spacial score (nSPS) is 19.6. The van der Waals surface area contributed by atoms with E-state index in [1.54, 1.807) is 18.9 Å². The lowest BCUT2D eigenvalue weighted by molar-refractivity contribution is 0.596. The summed E-state index contributed by atoms with van der Waals surface area (Å²) in [5.41, 5.74) is 0. The molecule has 0 nitrogen and oxygen atoms in total. The highest BCUT2D eigenvalue weighted by Crippen LogP contribution is 2.36. The minimum absolute atomic E-state index is 0.782. The highest BCUT2D eigenvalue weighted by molar-refractivity contribution is 6.79. The summed E-state index contributed by atoms with van der Waals surface area (Å²) in [6.45, 7) is 7.32. The molecule has 0 bridgehead atoms. The van der Waals surface area contributed by atoms with Gasteiger partial charge in [-0.3, -0.25) is 0 Å².